The van der Waals surface area contributed by atoms with E-state index in [2.05, 4.69) is 5.32 Å². The average molecular weight is 234 g/mol. The predicted molar refractivity (Wildman–Crippen MR) is 61.9 cm³/mol. The summed E-state index contributed by atoms with van der Waals surface area (Å²) >= 11 is 0. The lowest BCUT2D eigenvalue weighted by molar-refractivity contribution is -0.384. The van der Waals surface area contributed by atoms with Crippen molar-refractivity contribution in [3.63, 3.8) is 0 Å². The van der Waals surface area contributed by atoms with Crippen molar-refractivity contribution in [2.24, 2.45) is 0 Å². The van der Waals surface area contributed by atoms with Gasteiger partial charge >= 0.3 is 0 Å². The number of ether oxygens (including phenoxy) is 1. The van der Waals surface area contributed by atoms with E-state index >= 15 is 0 Å². The summed E-state index contributed by atoms with van der Waals surface area (Å²) in [6.07, 6.45) is 1.87. The minimum Gasteiger partial charge on any atom is -0.372 e. The molecule has 3 rings (SSSR count). The maximum absolute atomic E-state index is 10.6. The molecule has 2 saturated heterocycles. The SMILES string of the molecule is O=[N+]([O-])c1ccc(C[C@@]23CN[C@@H](CO2)C3)cc1. The van der Waals surface area contributed by atoms with Gasteiger partial charge in [-0.3, -0.25) is 10.1 Å². The first-order valence-corrected chi connectivity index (χ1v) is 5.78. The molecule has 2 heterocycles. The molecular formula is C12H14N2O3. The number of morpholine rings is 1. The van der Waals surface area contributed by atoms with Crippen LogP contribution in [0, 0.1) is 10.1 Å². The Balaban J connectivity index is 1.75. The Kier molecular flexibility index (Phi) is 2.38. The summed E-state index contributed by atoms with van der Waals surface area (Å²) in [4.78, 5) is 10.2. The van der Waals surface area contributed by atoms with E-state index in [1.165, 1.54) is 0 Å². The van der Waals surface area contributed by atoms with Crippen LogP contribution in [0.1, 0.15) is 12.0 Å². The highest BCUT2D eigenvalue weighted by atomic mass is 16.6. The van der Waals surface area contributed by atoms with Crippen molar-refractivity contribution in [2.45, 2.75) is 24.5 Å². The molecule has 17 heavy (non-hydrogen) atoms. The summed E-state index contributed by atoms with van der Waals surface area (Å²) < 4.78 is 5.82. The van der Waals surface area contributed by atoms with Crippen LogP contribution in [0.4, 0.5) is 5.69 Å². The summed E-state index contributed by atoms with van der Waals surface area (Å²) in [6, 6.07) is 7.25. The molecule has 2 aliphatic rings. The zero-order valence-electron chi connectivity index (χ0n) is 9.39. The van der Waals surface area contributed by atoms with Gasteiger partial charge in [0.2, 0.25) is 0 Å². The lowest BCUT2D eigenvalue weighted by atomic mass is 9.93. The molecule has 5 nitrogen and oxygen atoms in total. The molecule has 2 fully saturated rings. The maximum atomic E-state index is 10.6. The van der Waals surface area contributed by atoms with Crippen LogP contribution < -0.4 is 5.32 Å². The molecule has 2 bridgehead atoms. The summed E-state index contributed by atoms with van der Waals surface area (Å²) in [5, 5.41) is 14.0. The second kappa shape index (κ2) is 3.78. The van der Waals surface area contributed by atoms with Crippen molar-refractivity contribution < 1.29 is 9.66 Å². The Bertz CT molecular complexity index is 436. The van der Waals surface area contributed by atoms with Crippen molar-refractivity contribution in [1.29, 1.82) is 0 Å². The van der Waals surface area contributed by atoms with Crippen molar-refractivity contribution >= 4 is 5.69 Å². The number of hydrogen-bond acceptors (Lipinski definition) is 4. The van der Waals surface area contributed by atoms with Gasteiger partial charge in [0.15, 0.2) is 0 Å². The summed E-state index contributed by atoms with van der Waals surface area (Å²) in [5.41, 5.74) is 1.15. The van der Waals surface area contributed by atoms with Gasteiger partial charge in [-0.05, 0) is 12.0 Å². The molecule has 0 aromatic heterocycles. The Hall–Kier alpha value is -1.46. The van der Waals surface area contributed by atoms with Crippen LogP contribution in [-0.2, 0) is 11.2 Å². The zero-order chi connectivity index (χ0) is 11.9. The van der Waals surface area contributed by atoms with Crippen LogP contribution in [0.15, 0.2) is 24.3 Å². The van der Waals surface area contributed by atoms with Gasteiger partial charge in [0.05, 0.1) is 17.1 Å². The highest BCUT2D eigenvalue weighted by molar-refractivity contribution is 5.33. The summed E-state index contributed by atoms with van der Waals surface area (Å²) in [5.74, 6) is 0. The fourth-order valence-corrected chi connectivity index (χ4v) is 2.72. The number of benzene rings is 1. The van der Waals surface area contributed by atoms with Crippen molar-refractivity contribution in [3.8, 4) is 0 Å². The number of nitro groups is 1. The number of hydrogen-bond donors (Lipinski definition) is 1. The smallest absolute Gasteiger partial charge is 0.269 e. The van der Waals surface area contributed by atoms with E-state index in [0.717, 1.165) is 31.6 Å². The molecule has 5 heteroatoms. The number of rotatable bonds is 3. The molecule has 0 aliphatic carbocycles. The number of nitrogens with one attached hydrogen (secondary N) is 1. The number of nitro benzene ring substituents is 1. The van der Waals surface area contributed by atoms with Crippen molar-refractivity contribution in [2.75, 3.05) is 13.2 Å². The van der Waals surface area contributed by atoms with Gasteiger partial charge in [0.25, 0.3) is 5.69 Å². The lowest BCUT2D eigenvalue weighted by Gasteiger charge is -2.26. The van der Waals surface area contributed by atoms with E-state index in [9.17, 15) is 10.1 Å². The van der Waals surface area contributed by atoms with Gasteiger partial charge in [-0.25, -0.2) is 0 Å². The van der Waals surface area contributed by atoms with Gasteiger partial charge in [-0.2, -0.15) is 0 Å². The van der Waals surface area contributed by atoms with Crippen LogP contribution in [0.3, 0.4) is 0 Å². The molecule has 2 aliphatic heterocycles. The van der Waals surface area contributed by atoms with Crippen molar-refractivity contribution in [1.82, 2.24) is 5.32 Å². The van der Waals surface area contributed by atoms with Gasteiger partial charge in [0, 0.05) is 31.1 Å². The highest BCUT2D eigenvalue weighted by Crippen LogP contribution is 2.34. The van der Waals surface area contributed by atoms with E-state index in [-0.39, 0.29) is 16.2 Å². The first kappa shape index (κ1) is 10.7. The molecule has 90 valence electrons. The number of fused-ring (bicyclic) bond motifs is 2. The quantitative estimate of drug-likeness (QED) is 0.632. The van der Waals surface area contributed by atoms with Crippen LogP contribution in [0.5, 0.6) is 0 Å². The van der Waals surface area contributed by atoms with E-state index in [4.69, 9.17) is 4.74 Å². The molecule has 0 radical (unpaired) electrons. The van der Waals surface area contributed by atoms with Crippen LogP contribution in [0.25, 0.3) is 0 Å². The van der Waals surface area contributed by atoms with Crippen molar-refractivity contribution in [3.05, 3.63) is 39.9 Å². The Morgan fingerprint density at radius 1 is 1.47 bits per heavy atom. The monoisotopic (exact) mass is 234 g/mol. The molecule has 1 aromatic rings. The third-order valence-corrected chi connectivity index (χ3v) is 3.60. The molecular weight excluding hydrogens is 220 g/mol. The molecule has 0 spiro atoms. The van der Waals surface area contributed by atoms with E-state index in [0.29, 0.717) is 6.04 Å². The van der Waals surface area contributed by atoms with Crippen LogP contribution in [-0.4, -0.2) is 29.7 Å². The molecule has 0 amide bonds. The van der Waals surface area contributed by atoms with Crippen LogP contribution >= 0.6 is 0 Å². The van der Waals surface area contributed by atoms with Gasteiger partial charge in [-0.15, -0.1) is 0 Å². The second-order valence-electron chi connectivity index (χ2n) is 4.88. The standard InChI is InChI=1S/C12H14N2O3/c15-14(16)11-3-1-9(2-4-11)5-12-6-10(7-17-12)13-8-12/h1-4,10,13H,5-8H2/t10-,12-/m1/s1. The van der Waals surface area contributed by atoms with Gasteiger partial charge in [-0.1, -0.05) is 12.1 Å². The fraction of sp³-hybridized carbons (Fsp3) is 0.500. The van der Waals surface area contributed by atoms with Gasteiger partial charge < -0.3 is 10.1 Å². The number of nitrogens with zero attached hydrogens (tertiary/aromatic N) is 1. The summed E-state index contributed by atoms with van der Waals surface area (Å²) in [6.45, 7) is 1.67. The summed E-state index contributed by atoms with van der Waals surface area (Å²) in [7, 11) is 0. The van der Waals surface area contributed by atoms with Gasteiger partial charge in [0.1, 0.15) is 0 Å². The largest absolute Gasteiger partial charge is 0.372 e. The Labute approximate surface area is 98.9 Å². The third-order valence-electron chi connectivity index (χ3n) is 3.60. The van der Waals surface area contributed by atoms with E-state index < -0.39 is 0 Å². The third kappa shape index (κ3) is 1.92. The molecule has 0 saturated carbocycles. The average Bonchev–Trinajstić information content (AvgIpc) is 2.89. The van der Waals surface area contributed by atoms with Crippen LogP contribution in [0.2, 0.25) is 0 Å². The fourth-order valence-electron chi connectivity index (χ4n) is 2.72. The molecule has 0 unspecified atom stereocenters. The molecule has 2 atom stereocenters. The van der Waals surface area contributed by atoms with E-state index in [1.54, 1.807) is 12.1 Å². The normalized spacial score (nSPS) is 30.7. The zero-order valence-corrected chi connectivity index (χ0v) is 9.39. The maximum Gasteiger partial charge on any atom is 0.269 e. The first-order chi connectivity index (χ1) is 8.17. The Morgan fingerprint density at radius 3 is 2.71 bits per heavy atom. The minimum absolute atomic E-state index is 0.0825. The topological polar surface area (TPSA) is 64.4 Å². The molecule has 1 N–H and O–H groups in total. The minimum atomic E-state index is -0.374. The first-order valence-electron chi connectivity index (χ1n) is 5.78. The lowest BCUT2D eigenvalue weighted by Crippen LogP contribution is -2.40. The van der Waals surface area contributed by atoms with E-state index in [1.807, 2.05) is 12.1 Å². The second-order valence-corrected chi connectivity index (χ2v) is 4.88. The highest BCUT2D eigenvalue weighted by Gasteiger charge is 2.45. The Morgan fingerprint density at radius 2 is 2.24 bits per heavy atom. The number of non-ortho nitro benzene ring substituents is 1. The predicted octanol–water partition coefficient (Wildman–Crippen LogP) is 1.27. The molecule has 1 aromatic carbocycles.